The smallest absolute Gasteiger partial charge is 0.335 e. The average Bonchev–Trinajstić information content (AvgIpc) is 2.72. The Morgan fingerprint density at radius 2 is 1.90 bits per heavy atom. The van der Waals surface area contributed by atoms with Gasteiger partial charge in [0.1, 0.15) is 0 Å². The van der Waals surface area contributed by atoms with Gasteiger partial charge in [0.25, 0.3) is 6.17 Å². The lowest BCUT2D eigenvalue weighted by Crippen LogP contribution is -2.60. The van der Waals surface area contributed by atoms with Gasteiger partial charge in [-0.05, 0) is 46.8 Å². The lowest BCUT2D eigenvalue weighted by molar-refractivity contribution is -0.763. The van der Waals surface area contributed by atoms with E-state index in [0.717, 1.165) is 0 Å². The number of carboxylic acid groups (broad SMARTS) is 1. The number of para-hydroxylation sites is 1. The zero-order valence-corrected chi connectivity index (χ0v) is 17.1. The molecule has 2 N–H and O–H groups in total. The number of carbonyl (C=O) groups excluding carboxylic acids is 1. The number of nitrogens with zero attached hydrogens (tertiary/aromatic N) is 3. The van der Waals surface area contributed by atoms with E-state index in [1.54, 1.807) is 46.0 Å². The first-order valence-electron chi connectivity index (χ1n) is 9.33. The molecule has 1 aliphatic heterocycles. The van der Waals surface area contributed by atoms with E-state index in [9.17, 15) is 19.5 Å². The number of hydrogen-bond donors (Lipinski definition) is 2. The Labute approximate surface area is 176 Å². The highest BCUT2D eigenvalue weighted by Crippen LogP contribution is 2.37. The summed E-state index contributed by atoms with van der Waals surface area (Å²) in [5, 5.41) is 14.3. The van der Waals surface area contributed by atoms with Crippen molar-refractivity contribution in [1.82, 2.24) is 10.1 Å². The third-order valence-electron chi connectivity index (χ3n) is 4.83. The molecule has 2 aromatic carbocycles. The molecule has 0 bridgehead atoms. The maximum atomic E-state index is 13.0. The summed E-state index contributed by atoms with van der Waals surface area (Å²) < 4.78 is 1.55. The second-order valence-corrected chi connectivity index (χ2v) is 7.95. The van der Waals surface area contributed by atoms with E-state index in [4.69, 9.17) is 0 Å². The fraction of sp³-hybridized carbons (Fsp3) is 0.190. The first-order valence-corrected chi connectivity index (χ1v) is 10.3. The summed E-state index contributed by atoms with van der Waals surface area (Å²) in [4.78, 5) is 41.4. The zero-order chi connectivity index (χ0) is 21.4. The minimum atomic E-state index is -1.04. The van der Waals surface area contributed by atoms with Crippen LogP contribution in [0.15, 0.2) is 58.5 Å². The quantitative estimate of drug-likeness (QED) is 0.493. The number of aromatic nitrogens is 3. The zero-order valence-electron chi connectivity index (χ0n) is 16.3. The molecular formula is C21H19N4O4S+. The minimum Gasteiger partial charge on any atom is -0.478 e. The van der Waals surface area contributed by atoms with Crippen molar-refractivity contribution in [3.05, 3.63) is 70.0 Å². The molecule has 1 atom stereocenters. The van der Waals surface area contributed by atoms with Gasteiger partial charge < -0.3 is 5.11 Å². The molecule has 0 aliphatic carbocycles. The third-order valence-corrected chi connectivity index (χ3v) is 5.58. The van der Waals surface area contributed by atoms with Crippen molar-refractivity contribution in [3.63, 3.8) is 0 Å². The summed E-state index contributed by atoms with van der Waals surface area (Å²) in [7, 11) is 0. The fourth-order valence-corrected chi connectivity index (χ4v) is 4.20. The normalized spacial score (nSPS) is 14.7. The lowest BCUT2D eigenvalue weighted by Gasteiger charge is -2.31. The maximum Gasteiger partial charge on any atom is 0.335 e. The van der Waals surface area contributed by atoms with Gasteiger partial charge in [0.05, 0.1) is 16.8 Å². The number of carboxylic acids is 1. The van der Waals surface area contributed by atoms with E-state index < -0.39 is 12.1 Å². The second kappa shape index (κ2) is 7.75. The van der Waals surface area contributed by atoms with E-state index in [1.165, 1.54) is 30.8 Å². The van der Waals surface area contributed by atoms with Crippen molar-refractivity contribution >= 4 is 29.3 Å². The molecule has 152 valence electrons. The highest BCUT2D eigenvalue weighted by molar-refractivity contribution is 7.99. The van der Waals surface area contributed by atoms with E-state index in [1.807, 2.05) is 6.92 Å². The first-order chi connectivity index (χ1) is 14.4. The van der Waals surface area contributed by atoms with Crippen LogP contribution in [0.25, 0.3) is 11.3 Å². The van der Waals surface area contributed by atoms with Crippen LogP contribution in [0.4, 0.5) is 5.69 Å². The van der Waals surface area contributed by atoms with Crippen LogP contribution in [-0.2, 0) is 4.79 Å². The molecule has 0 radical (unpaired) electrons. The number of H-pyrrole nitrogens is 1. The van der Waals surface area contributed by atoms with Crippen LogP contribution in [0.1, 0.15) is 35.9 Å². The van der Waals surface area contributed by atoms with Crippen molar-refractivity contribution in [1.29, 1.82) is 0 Å². The van der Waals surface area contributed by atoms with Gasteiger partial charge in [-0.3, -0.25) is 14.6 Å². The Balaban J connectivity index is 2.02. The Hall–Kier alpha value is -3.46. The molecule has 8 nitrogen and oxygen atoms in total. The predicted molar refractivity (Wildman–Crippen MR) is 112 cm³/mol. The SMILES string of the molecule is CCSc1n[n+]2c(c(=O)[nH]1)-c1ccccc1N(C(C)=O)[C@H]2c1ccc(C(=O)O)cc1. The number of anilines is 1. The van der Waals surface area contributed by atoms with Crippen molar-refractivity contribution in [2.75, 3.05) is 10.7 Å². The molecular weight excluding hydrogens is 404 g/mol. The lowest BCUT2D eigenvalue weighted by atomic mass is 10.0. The van der Waals surface area contributed by atoms with Crippen LogP contribution in [-0.4, -0.2) is 32.8 Å². The summed E-state index contributed by atoms with van der Waals surface area (Å²) in [6.45, 7) is 3.41. The van der Waals surface area contributed by atoms with Crippen LogP contribution >= 0.6 is 11.8 Å². The van der Waals surface area contributed by atoms with Gasteiger partial charge in [-0.1, -0.05) is 30.8 Å². The number of amides is 1. The summed E-state index contributed by atoms with van der Waals surface area (Å²) in [5.74, 6) is -0.546. The Bertz CT molecular complexity index is 1210. The van der Waals surface area contributed by atoms with Gasteiger partial charge in [-0.2, -0.15) is 0 Å². The Morgan fingerprint density at radius 3 is 2.53 bits per heavy atom. The molecule has 1 amide bonds. The highest BCUT2D eigenvalue weighted by Gasteiger charge is 2.44. The van der Waals surface area contributed by atoms with Crippen LogP contribution in [0, 0.1) is 0 Å². The van der Waals surface area contributed by atoms with Gasteiger partial charge >= 0.3 is 17.2 Å². The molecule has 4 rings (SSSR count). The van der Waals surface area contributed by atoms with Crippen LogP contribution < -0.4 is 15.1 Å². The summed E-state index contributed by atoms with van der Waals surface area (Å²) in [5.41, 5.74) is 2.02. The molecule has 2 heterocycles. The van der Waals surface area contributed by atoms with Crippen LogP contribution in [0.3, 0.4) is 0 Å². The van der Waals surface area contributed by atoms with E-state index >= 15 is 0 Å². The van der Waals surface area contributed by atoms with Gasteiger partial charge in [0.15, 0.2) is 0 Å². The molecule has 30 heavy (non-hydrogen) atoms. The Morgan fingerprint density at radius 1 is 1.20 bits per heavy atom. The molecule has 0 saturated carbocycles. The fourth-order valence-electron chi connectivity index (χ4n) is 3.61. The van der Waals surface area contributed by atoms with E-state index in [-0.39, 0.29) is 17.0 Å². The number of aromatic amines is 1. The summed E-state index contributed by atoms with van der Waals surface area (Å²) >= 11 is 1.39. The van der Waals surface area contributed by atoms with Gasteiger partial charge in [0, 0.05) is 17.6 Å². The number of aromatic carboxylic acids is 1. The maximum absolute atomic E-state index is 13.0. The number of carbonyl (C=O) groups is 2. The number of rotatable bonds is 4. The molecule has 1 aromatic heterocycles. The first kappa shape index (κ1) is 19.8. The molecule has 0 saturated heterocycles. The van der Waals surface area contributed by atoms with Crippen molar-refractivity contribution in [2.24, 2.45) is 0 Å². The van der Waals surface area contributed by atoms with E-state index in [2.05, 4.69) is 10.1 Å². The van der Waals surface area contributed by atoms with Gasteiger partial charge in [-0.25, -0.2) is 9.69 Å². The number of thioether (sulfide) groups is 1. The number of benzene rings is 2. The topological polar surface area (TPSA) is 107 Å². The number of hydrogen-bond acceptors (Lipinski definition) is 5. The summed E-state index contributed by atoms with van der Waals surface area (Å²) in [6, 6.07) is 13.4. The molecule has 0 fully saturated rings. The average molecular weight is 423 g/mol. The van der Waals surface area contributed by atoms with Crippen molar-refractivity contribution in [2.45, 2.75) is 25.2 Å². The molecule has 9 heteroatoms. The predicted octanol–water partition coefficient (Wildman–Crippen LogP) is 2.45. The minimum absolute atomic E-state index is 0.135. The monoisotopic (exact) mass is 423 g/mol. The highest BCUT2D eigenvalue weighted by atomic mass is 32.2. The number of fused-ring (bicyclic) bond motifs is 3. The molecule has 3 aromatic rings. The van der Waals surface area contributed by atoms with Crippen LogP contribution in [0.2, 0.25) is 0 Å². The van der Waals surface area contributed by atoms with Crippen LogP contribution in [0.5, 0.6) is 0 Å². The largest absolute Gasteiger partial charge is 0.478 e. The van der Waals surface area contributed by atoms with Gasteiger partial charge in [0.2, 0.25) is 11.1 Å². The van der Waals surface area contributed by atoms with Crippen molar-refractivity contribution in [3.8, 4) is 11.3 Å². The molecule has 1 aliphatic rings. The third kappa shape index (κ3) is 3.26. The number of nitrogens with one attached hydrogen (secondary N) is 1. The second-order valence-electron chi connectivity index (χ2n) is 6.69. The van der Waals surface area contributed by atoms with Gasteiger partial charge in [-0.15, -0.1) is 0 Å². The molecule has 0 spiro atoms. The summed E-state index contributed by atoms with van der Waals surface area (Å²) in [6.07, 6.45) is -0.728. The van der Waals surface area contributed by atoms with E-state index in [0.29, 0.717) is 33.4 Å². The Kier molecular flexibility index (Phi) is 5.13. The molecule has 0 unspecified atom stereocenters. The standard InChI is InChI=1S/C21H18N4O4S/c1-3-30-21-22-18(27)17-15-6-4-5-7-16(15)24(12(2)26)19(25(17)23-21)13-8-10-14(11-9-13)20(28)29/h4-11,19H,3H2,1-2H3,(H-,22,23,27,28,29)/p+1/t19-/m1/s1. The van der Waals surface area contributed by atoms with Crippen molar-refractivity contribution < 1.29 is 19.4 Å².